The van der Waals surface area contributed by atoms with Crippen molar-refractivity contribution in [3.8, 4) is 0 Å². The largest absolute Gasteiger partial charge is 0.366 e. The molecule has 0 unspecified atom stereocenters. The molecule has 0 fully saturated rings. The Morgan fingerprint density at radius 2 is 2.05 bits per heavy atom. The van der Waals surface area contributed by atoms with E-state index in [2.05, 4.69) is 12.2 Å². The molecular formula is C16H18N2O2S. The van der Waals surface area contributed by atoms with E-state index in [9.17, 15) is 9.59 Å². The Hall–Kier alpha value is -2.14. The van der Waals surface area contributed by atoms with Crippen LogP contribution in [0.2, 0.25) is 0 Å². The Morgan fingerprint density at radius 3 is 2.67 bits per heavy atom. The quantitative estimate of drug-likeness (QED) is 0.891. The lowest BCUT2D eigenvalue weighted by Crippen LogP contribution is -2.22. The third-order valence-corrected chi connectivity index (χ3v) is 4.38. The molecule has 2 amide bonds. The molecule has 0 aliphatic heterocycles. The normalized spacial score (nSPS) is 10.4. The van der Waals surface area contributed by atoms with Gasteiger partial charge >= 0.3 is 0 Å². The van der Waals surface area contributed by atoms with E-state index in [1.165, 1.54) is 21.8 Å². The van der Waals surface area contributed by atoms with Gasteiger partial charge in [0.05, 0.1) is 4.88 Å². The van der Waals surface area contributed by atoms with Crippen LogP contribution >= 0.6 is 11.3 Å². The van der Waals surface area contributed by atoms with Crippen molar-refractivity contribution in [2.24, 2.45) is 5.73 Å². The highest BCUT2D eigenvalue weighted by atomic mass is 32.1. The fourth-order valence-corrected chi connectivity index (χ4v) is 3.12. The van der Waals surface area contributed by atoms with E-state index in [4.69, 9.17) is 5.73 Å². The number of nitrogens with two attached hydrogens (primary N) is 1. The molecule has 4 nitrogen and oxygen atoms in total. The first-order valence-corrected chi connectivity index (χ1v) is 7.59. The molecule has 3 N–H and O–H groups in total. The smallest absolute Gasteiger partial charge is 0.261 e. The summed E-state index contributed by atoms with van der Waals surface area (Å²) in [6.45, 7) is 4.47. The van der Waals surface area contributed by atoms with E-state index < -0.39 is 5.91 Å². The Morgan fingerprint density at radius 1 is 1.29 bits per heavy atom. The maximum Gasteiger partial charge on any atom is 0.261 e. The van der Waals surface area contributed by atoms with E-state index >= 15 is 0 Å². The first-order valence-electron chi connectivity index (χ1n) is 6.77. The van der Waals surface area contributed by atoms with Crippen LogP contribution in [0.3, 0.4) is 0 Å². The monoisotopic (exact) mass is 302 g/mol. The Balaban J connectivity index is 2.03. The highest BCUT2D eigenvalue weighted by molar-refractivity contribution is 7.14. The third kappa shape index (κ3) is 3.70. The Kier molecular flexibility index (Phi) is 4.75. The number of benzene rings is 1. The van der Waals surface area contributed by atoms with Crippen LogP contribution in [0.5, 0.6) is 0 Å². The van der Waals surface area contributed by atoms with Crippen LogP contribution in [-0.4, -0.2) is 11.8 Å². The molecular weight excluding hydrogens is 284 g/mol. The number of hydrogen-bond donors (Lipinski definition) is 2. The summed E-state index contributed by atoms with van der Waals surface area (Å²) >= 11 is 1.50. The van der Waals surface area contributed by atoms with Crippen molar-refractivity contribution in [2.75, 3.05) is 0 Å². The summed E-state index contributed by atoms with van der Waals surface area (Å²) in [6, 6.07) is 8.90. The molecule has 5 heteroatoms. The summed E-state index contributed by atoms with van der Waals surface area (Å²) in [5, 5.41) is 2.87. The summed E-state index contributed by atoms with van der Waals surface area (Å²) in [5.41, 5.74) is 7.75. The van der Waals surface area contributed by atoms with Crippen molar-refractivity contribution in [3.63, 3.8) is 0 Å². The van der Waals surface area contributed by atoms with Gasteiger partial charge in [-0.2, -0.15) is 0 Å². The molecule has 110 valence electrons. The first kappa shape index (κ1) is 15.3. The van der Waals surface area contributed by atoms with E-state index in [-0.39, 0.29) is 5.91 Å². The number of nitrogens with one attached hydrogen (secondary N) is 1. The standard InChI is InChI=1S/C16H18N2O2S/c1-3-12-8-14(21-10(12)2)16(20)18-9-11-5-4-6-13(7-11)15(17)19/h4-8H,3,9H2,1-2H3,(H2,17,19)(H,18,20). The summed E-state index contributed by atoms with van der Waals surface area (Å²) in [4.78, 5) is 25.1. The van der Waals surface area contributed by atoms with Crippen LogP contribution in [0, 0.1) is 6.92 Å². The average molecular weight is 302 g/mol. The molecule has 0 saturated carbocycles. The van der Waals surface area contributed by atoms with Gasteiger partial charge in [0.1, 0.15) is 0 Å². The first-order chi connectivity index (χ1) is 10.0. The van der Waals surface area contributed by atoms with Gasteiger partial charge in [-0.05, 0) is 42.7 Å². The van der Waals surface area contributed by atoms with Gasteiger partial charge in [0.25, 0.3) is 5.91 Å². The van der Waals surface area contributed by atoms with Crippen LogP contribution in [0.25, 0.3) is 0 Å². The van der Waals surface area contributed by atoms with Crippen LogP contribution in [-0.2, 0) is 13.0 Å². The van der Waals surface area contributed by atoms with Gasteiger partial charge in [-0.3, -0.25) is 9.59 Å². The minimum atomic E-state index is -0.468. The minimum Gasteiger partial charge on any atom is -0.366 e. The molecule has 0 aliphatic carbocycles. The topological polar surface area (TPSA) is 72.2 Å². The molecule has 1 aromatic carbocycles. The molecule has 0 saturated heterocycles. The number of carbonyl (C=O) groups is 2. The second-order valence-electron chi connectivity index (χ2n) is 4.79. The molecule has 0 atom stereocenters. The minimum absolute atomic E-state index is 0.0905. The highest BCUT2D eigenvalue weighted by Gasteiger charge is 2.11. The SMILES string of the molecule is CCc1cc(C(=O)NCc2cccc(C(N)=O)c2)sc1C. The molecule has 1 heterocycles. The molecule has 0 radical (unpaired) electrons. The van der Waals surface area contributed by atoms with Crippen molar-refractivity contribution in [2.45, 2.75) is 26.8 Å². The lowest BCUT2D eigenvalue weighted by Gasteiger charge is -2.05. The van der Waals surface area contributed by atoms with Gasteiger partial charge in [0, 0.05) is 17.0 Å². The number of carbonyl (C=O) groups excluding carboxylic acids is 2. The molecule has 21 heavy (non-hydrogen) atoms. The molecule has 1 aromatic heterocycles. The second kappa shape index (κ2) is 6.54. The second-order valence-corrected chi connectivity index (χ2v) is 6.05. The Bertz CT molecular complexity index is 677. The lowest BCUT2D eigenvalue weighted by atomic mass is 10.1. The van der Waals surface area contributed by atoms with Crippen molar-refractivity contribution in [3.05, 3.63) is 56.8 Å². The molecule has 2 aromatic rings. The fourth-order valence-electron chi connectivity index (χ4n) is 2.09. The Labute approximate surface area is 128 Å². The molecule has 0 aliphatic rings. The summed E-state index contributed by atoms with van der Waals surface area (Å²) < 4.78 is 0. The van der Waals surface area contributed by atoms with Crippen LogP contribution < -0.4 is 11.1 Å². The zero-order valence-electron chi connectivity index (χ0n) is 12.1. The summed E-state index contributed by atoms with van der Waals surface area (Å²) in [7, 11) is 0. The average Bonchev–Trinajstić information content (AvgIpc) is 2.86. The zero-order chi connectivity index (χ0) is 15.4. The van der Waals surface area contributed by atoms with E-state index in [0.717, 1.165) is 16.9 Å². The maximum atomic E-state index is 12.1. The van der Waals surface area contributed by atoms with Crippen molar-refractivity contribution >= 4 is 23.2 Å². The predicted octanol–water partition coefficient (Wildman–Crippen LogP) is 2.65. The number of thiophene rings is 1. The van der Waals surface area contributed by atoms with E-state index in [1.807, 2.05) is 19.1 Å². The number of rotatable bonds is 5. The summed E-state index contributed by atoms with van der Waals surface area (Å²) in [6.07, 6.45) is 0.927. The highest BCUT2D eigenvalue weighted by Crippen LogP contribution is 2.22. The van der Waals surface area contributed by atoms with Gasteiger partial charge in [0.15, 0.2) is 0 Å². The van der Waals surface area contributed by atoms with Gasteiger partial charge < -0.3 is 11.1 Å². The van der Waals surface area contributed by atoms with Crippen molar-refractivity contribution in [1.29, 1.82) is 0 Å². The number of amides is 2. The number of aryl methyl sites for hydroxylation is 2. The lowest BCUT2D eigenvalue weighted by molar-refractivity contribution is 0.0954. The van der Waals surface area contributed by atoms with Crippen molar-refractivity contribution < 1.29 is 9.59 Å². The van der Waals surface area contributed by atoms with Crippen LogP contribution in [0.1, 0.15) is 43.0 Å². The molecule has 0 bridgehead atoms. The van der Waals surface area contributed by atoms with Gasteiger partial charge in [-0.25, -0.2) is 0 Å². The van der Waals surface area contributed by atoms with Crippen LogP contribution in [0.4, 0.5) is 0 Å². The molecule has 2 rings (SSSR count). The summed E-state index contributed by atoms with van der Waals surface area (Å²) in [5.74, 6) is -0.558. The van der Waals surface area contributed by atoms with Crippen molar-refractivity contribution in [1.82, 2.24) is 5.32 Å². The number of primary amides is 1. The number of hydrogen-bond acceptors (Lipinski definition) is 3. The molecule has 0 spiro atoms. The van der Waals surface area contributed by atoms with Crippen LogP contribution in [0.15, 0.2) is 30.3 Å². The van der Waals surface area contributed by atoms with E-state index in [0.29, 0.717) is 12.1 Å². The van der Waals surface area contributed by atoms with Gasteiger partial charge in [-0.1, -0.05) is 19.1 Å². The van der Waals surface area contributed by atoms with Gasteiger partial charge in [0.2, 0.25) is 5.91 Å². The predicted molar refractivity (Wildman–Crippen MR) is 84.6 cm³/mol. The third-order valence-electron chi connectivity index (χ3n) is 3.29. The van der Waals surface area contributed by atoms with E-state index in [1.54, 1.807) is 18.2 Å². The zero-order valence-corrected chi connectivity index (χ0v) is 12.9. The maximum absolute atomic E-state index is 12.1. The van der Waals surface area contributed by atoms with Gasteiger partial charge in [-0.15, -0.1) is 11.3 Å². The fraction of sp³-hybridized carbons (Fsp3) is 0.250.